The van der Waals surface area contributed by atoms with Crippen molar-refractivity contribution in [3.8, 4) is 0 Å². The molecule has 0 aromatic heterocycles. The molecule has 1 fully saturated rings. The zero-order valence-corrected chi connectivity index (χ0v) is 10.6. The maximum atomic E-state index is 9.38. The highest BCUT2D eigenvalue weighted by Crippen LogP contribution is 2.13. The van der Waals surface area contributed by atoms with Crippen LogP contribution in [0.25, 0.3) is 0 Å². The molecule has 2 rings (SSSR count). The molecule has 0 amide bonds. The lowest BCUT2D eigenvalue weighted by Gasteiger charge is -2.14. The average Bonchev–Trinajstić information content (AvgIpc) is 2.70. The number of aryl methyl sites for hydroxylation is 1. The fourth-order valence-electron chi connectivity index (χ4n) is 1.91. The van der Waals surface area contributed by atoms with Gasteiger partial charge in [-0.1, -0.05) is 43.7 Å². The van der Waals surface area contributed by atoms with Crippen LogP contribution in [0.3, 0.4) is 0 Å². The Bertz CT molecular complexity index is 294. The van der Waals surface area contributed by atoms with Crippen LogP contribution in [-0.2, 0) is 6.54 Å². The van der Waals surface area contributed by atoms with Crippen LogP contribution in [0.5, 0.6) is 0 Å². The molecule has 16 heavy (non-hydrogen) atoms. The van der Waals surface area contributed by atoms with Gasteiger partial charge >= 0.3 is 0 Å². The van der Waals surface area contributed by atoms with E-state index in [1.807, 2.05) is 13.8 Å². The van der Waals surface area contributed by atoms with Gasteiger partial charge in [-0.15, -0.1) is 0 Å². The van der Waals surface area contributed by atoms with Crippen molar-refractivity contribution >= 4 is 0 Å². The molecule has 0 radical (unpaired) electrons. The van der Waals surface area contributed by atoms with Crippen LogP contribution in [0.1, 0.15) is 31.4 Å². The Kier molecular flexibility index (Phi) is 5.50. The van der Waals surface area contributed by atoms with Crippen LogP contribution in [0.15, 0.2) is 24.3 Å². The van der Waals surface area contributed by atoms with Gasteiger partial charge in [0.25, 0.3) is 0 Å². The van der Waals surface area contributed by atoms with E-state index < -0.39 is 0 Å². The summed E-state index contributed by atoms with van der Waals surface area (Å²) in [5.74, 6) is 0. The highest BCUT2D eigenvalue weighted by Gasteiger charge is 2.19. The van der Waals surface area contributed by atoms with E-state index in [1.165, 1.54) is 11.1 Å². The van der Waals surface area contributed by atoms with Gasteiger partial charge in [-0.25, -0.2) is 0 Å². The number of β-amino-alcohol motifs (C(OH)–C–C–N with tert-alkyl or cyclic N) is 1. The van der Waals surface area contributed by atoms with Gasteiger partial charge in [0, 0.05) is 19.6 Å². The summed E-state index contributed by atoms with van der Waals surface area (Å²) in [6.45, 7) is 8.92. The normalized spacial score (nSPS) is 20.4. The van der Waals surface area contributed by atoms with Crippen molar-refractivity contribution in [1.82, 2.24) is 4.90 Å². The molecule has 0 saturated carbocycles. The maximum absolute atomic E-state index is 9.38. The number of hydrogen-bond acceptors (Lipinski definition) is 2. The number of hydrogen-bond donors (Lipinski definition) is 1. The van der Waals surface area contributed by atoms with Crippen molar-refractivity contribution in [3.63, 3.8) is 0 Å². The van der Waals surface area contributed by atoms with Crippen molar-refractivity contribution in [2.75, 3.05) is 13.1 Å². The summed E-state index contributed by atoms with van der Waals surface area (Å²) in [6, 6.07) is 8.61. The van der Waals surface area contributed by atoms with E-state index in [1.54, 1.807) is 0 Å². The summed E-state index contributed by atoms with van der Waals surface area (Å²) in [4.78, 5) is 2.30. The predicted octanol–water partition coefficient (Wildman–Crippen LogP) is 2.59. The largest absolute Gasteiger partial charge is 0.392 e. The molecule has 1 aromatic carbocycles. The van der Waals surface area contributed by atoms with E-state index in [0.29, 0.717) is 0 Å². The second-order valence-electron chi connectivity index (χ2n) is 4.16. The van der Waals surface area contributed by atoms with Crippen LogP contribution < -0.4 is 0 Å². The summed E-state index contributed by atoms with van der Waals surface area (Å²) in [6.07, 6.45) is 0.812. The van der Waals surface area contributed by atoms with Crippen LogP contribution >= 0.6 is 0 Å². The van der Waals surface area contributed by atoms with Crippen molar-refractivity contribution in [2.45, 2.75) is 39.8 Å². The Balaban J connectivity index is 0.000000606. The summed E-state index contributed by atoms with van der Waals surface area (Å²) in [5.41, 5.74) is 2.64. The number of rotatable bonds is 2. The van der Waals surface area contributed by atoms with Gasteiger partial charge in [-0.05, 0) is 18.9 Å². The molecular weight excluding hydrogens is 198 g/mol. The number of likely N-dealkylation sites (tertiary alicyclic amines) is 1. The first-order valence-corrected chi connectivity index (χ1v) is 6.20. The molecule has 2 heteroatoms. The molecule has 0 aliphatic carbocycles. The molecule has 90 valence electrons. The molecule has 1 saturated heterocycles. The molecule has 1 heterocycles. The Morgan fingerprint density at radius 2 is 1.88 bits per heavy atom. The van der Waals surface area contributed by atoms with E-state index in [2.05, 4.69) is 36.1 Å². The maximum Gasteiger partial charge on any atom is 0.0679 e. The van der Waals surface area contributed by atoms with Crippen LogP contribution in [0.4, 0.5) is 0 Å². The zero-order valence-electron chi connectivity index (χ0n) is 10.6. The van der Waals surface area contributed by atoms with Gasteiger partial charge in [0.05, 0.1) is 6.10 Å². The average molecular weight is 221 g/mol. The van der Waals surface area contributed by atoms with Gasteiger partial charge in [0.15, 0.2) is 0 Å². The van der Waals surface area contributed by atoms with Crippen LogP contribution in [-0.4, -0.2) is 29.2 Å². The quantitative estimate of drug-likeness (QED) is 0.829. The van der Waals surface area contributed by atoms with Gasteiger partial charge in [-0.3, -0.25) is 4.90 Å². The molecular formula is C14H23NO. The lowest BCUT2D eigenvalue weighted by atomic mass is 10.1. The zero-order chi connectivity index (χ0) is 12.0. The number of aliphatic hydroxyl groups is 1. The SMILES string of the molecule is CC.Cc1ccc(CN2CCC(O)C2)cc1. The minimum atomic E-state index is -0.111. The molecule has 0 spiro atoms. The van der Waals surface area contributed by atoms with Crippen molar-refractivity contribution in [3.05, 3.63) is 35.4 Å². The van der Waals surface area contributed by atoms with E-state index >= 15 is 0 Å². The molecule has 1 aromatic rings. The first kappa shape index (κ1) is 13.2. The summed E-state index contributed by atoms with van der Waals surface area (Å²) >= 11 is 0. The van der Waals surface area contributed by atoms with E-state index in [0.717, 1.165) is 26.1 Å². The number of aliphatic hydroxyl groups excluding tert-OH is 1. The molecule has 2 nitrogen and oxygen atoms in total. The first-order valence-electron chi connectivity index (χ1n) is 6.20. The van der Waals surface area contributed by atoms with E-state index in [4.69, 9.17) is 0 Å². The van der Waals surface area contributed by atoms with E-state index in [9.17, 15) is 5.11 Å². The van der Waals surface area contributed by atoms with Crippen LogP contribution in [0.2, 0.25) is 0 Å². The number of nitrogens with zero attached hydrogens (tertiary/aromatic N) is 1. The standard InChI is InChI=1S/C12H17NO.C2H6/c1-10-2-4-11(5-3-10)8-13-7-6-12(14)9-13;1-2/h2-5,12,14H,6-9H2,1H3;1-2H3. The molecule has 1 aliphatic rings. The third kappa shape index (κ3) is 3.95. The highest BCUT2D eigenvalue weighted by molar-refractivity contribution is 5.21. The monoisotopic (exact) mass is 221 g/mol. The second kappa shape index (κ2) is 6.66. The van der Waals surface area contributed by atoms with Gasteiger partial charge in [0.1, 0.15) is 0 Å². The third-order valence-corrected chi connectivity index (χ3v) is 2.77. The van der Waals surface area contributed by atoms with Gasteiger partial charge in [0.2, 0.25) is 0 Å². The molecule has 1 aliphatic heterocycles. The molecule has 1 unspecified atom stereocenters. The third-order valence-electron chi connectivity index (χ3n) is 2.77. The summed E-state index contributed by atoms with van der Waals surface area (Å²) in [7, 11) is 0. The van der Waals surface area contributed by atoms with Gasteiger partial charge in [-0.2, -0.15) is 0 Å². The fourth-order valence-corrected chi connectivity index (χ4v) is 1.91. The summed E-state index contributed by atoms with van der Waals surface area (Å²) < 4.78 is 0. The Labute approximate surface area is 98.9 Å². The molecule has 0 bridgehead atoms. The Morgan fingerprint density at radius 1 is 1.25 bits per heavy atom. The Hall–Kier alpha value is -0.860. The second-order valence-corrected chi connectivity index (χ2v) is 4.16. The first-order chi connectivity index (χ1) is 7.74. The fraction of sp³-hybridized carbons (Fsp3) is 0.571. The molecule has 1 atom stereocenters. The van der Waals surface area contributed by atoms with Crippen molar-refractivity contribution in [2.24, 2.45) is 0 Å². The lowest BCUT2D eigenvalue weighted by molar-refractivity contribution is 0.175. The predicted molar refractivity (Wildman–Crippen MR) is 68.4 cm³/mol. The van der Waals surface area contributed by atoms with E-state index in [-0.39, 0.29) is 6.10 Å². The number of benzene rings is 1. The highest BCUT2D eigenvalue weighted by atomic mass is 16.3. The minimum absolute atomic E-state index is 0.111. The summed E-state index contributed by atoms with van der Waals surface area (Å²) in [5, 5.41) is 9.38. The lowest BCUT2D eigenvalue weighted by Crippen LogP contribution is -2.21. The smallest absolute Gasteiger partial charge is 0.0679 e. The molecule has 1 N–H and O–H groups in total. The van der Waals surface area contributed by atoms with Crippen LogP contribution in [0, 0.1) is 6.92 Å². The van der Waals surface area contributed by atoms with Crippen molar-refractivity contribution < 1.29 is 5.11 Å². The van der Waals surface area contributed by atoms with Gasteiger partial charge < -0.3 is 5.11 Å². The Morgan fingerprint density at radius 3 is 2.38 bits per heavy atom. The topological polar surface area (TPSA) is 23.5 Å². The minimum Gasteiger partial charge on any atom is -0.392 e. The van der Waals surface area contributed by atoms with Crippen molar-refractivity contribution in [1.29, 1.82) is 0 Å².